The lowest BCUT2D eigenvalue weighted by atomic mass is 10.1. The Morgan fingerprint density at radius 3 is 2.52 bits per heavy atom. The summed E-state index contributed by atoms with van der Waals surface area (Å²) in [6.45, 7) is -0.518. The Bertz CT molecular complexity index is 703. The van der Waals surface area contributed by atoms with Gasteiger partial charge in [-0.15, -0.1) is 0 Å². The lowest BCUT2D eigenvalue weighted by Crippen LogP contribution is -2.12. The van der Waals surface area contributed by atoms with Gasteiger partial charge in [0.05, 0.1) is 11.0 Å². The molecule has 2 rings (SSSR count). The van der Waals surface area contributed by atoms with E-state index in [0.717, 1.165) is 18.2 Å². The van der Waals surface area contributed by atoms with Crippen LogP contribution in [0.3, 0.4) is 0 Å². The van der Waals surface area contributed by atoms with E-state index < -0.39 is 34.6 Å². The van der Waals surface area contributed by atoms with Crippen molar-refractivity contribution in [1.82, 2.24) is 0 Å². The number of nitro benzene ring substituents is 1. The van der Waals surface area contributed by atoms with Crippen molar-refractivity contribution in [3.8, 4) is 5.75 Å². The Balaban J connectivity index is 2.13. The standard InChI is InChI=1S/C14H9F2NO4/c15-10-3-1-2-9(6-10)13(18)8-21-14-5-4-11(16)7-12(14)17(19)20/h1-7H,8H2. The van der Waals surface area contributed by atoms with Gasteiger partial charge in [-0.1, -0.05) is 12.1 Å². The van der Waals surface area contributed by atoms with Crippen LogP contribution in [0.2, 0.25) is 0 Å². The van der Waals surface area contributed by atoms with Crippen LogP contribution in [-0.2, 0) is 0 Å². The summed E-state index contributed by atoms with van der Waals surface area (Å²) in [6, 6.07) is 7.72. The molecule has 0 aromatic heterocycles. The molecule has 0 fully saturated rings. The monoisotopic (exact) mass is 293 g/mol. The van der Waals surface area contributed by atoms with Gasteiger partial charge in [0, 0.05) is 5.56 Å². The van der Waals surface area contributed by atoms with Crippen LogP contribution in [0, 0.1) is 21.7 Å². The number of benzene rings is 2. The number of rotatable bonds is 5. The molecular formula is C14H9F2NO4. The molecule has 0 heterocycles. The number of carbonyl (C=O) groups excluding carboxylic acids is 1. The Labute approximate surface area is 117 Å². The van der Waals surface area contributed by atoms with Gasteiger partial charge in [-0.2, -0.15) is 0 Å². The van der Waals surface area contributed by atoms with E-state index in [9.17, 15) is 23.7 Å². The molecule has 108 valence electrons. The molecule has 0 spiro atoms. The highest BCUT2D eigenvalue weighted by atomic mass is 19.1. The Morgan fingerprint density at radius 1 is 1.14 bits per heavy atom. The van der Waals surface area contributed by atoms with Gasteiger partial charge in [0.25, 0.3) is 0 Å². The van der Waals surface area contributed by atoms with Crippen molar-refractivity contribution in [3.63, 3.8) is 0 Å². The third kappa shape index (κ3) is 3.59. The molecule has 0 amide bonds. The van der Waals surface area contributed by atoms with Crippen LogP contribution in [0.25, 0.3) is 0 Å². The van der Waals surface area contributed by atoms with Gasteiger partial charge in [0.15, 0.2) is 18.1 Å². The smallest absolute Gasteiger partial charge is 0.313 e. The van der Waals surface area contributed by atoms with E-state index in [4.69, 9.17) is 4.74 Å². The molecule has 21 heavy (non-hydrogen) atoms. The van der Waals surface area contributed by atoms with Crippen molar-refractivity contribution >= 4 is 11.5 Å². The largest absolute Gasteiger partial charge is 0.478 e. The molecule has 0 aliphatic heterocycles. The van der Waals surface area contributed by atoms with Crippen molar-refractivity contribution in [2.24, 2.45) is 0 Å². The summed E-state index contributed by atoms with van der Waals surface area (Å²) in [6.07, 6.45) is 0. The molecule has 0 radical (unpaired) electrons. The molecule has 0 N–H and O–H groups in total. The second-order valence-electron chi connectivity index (χ2n) is 4.09. The number of nitrogens with zero attached hydrogens (tertiary/aromatic N) is 1. The van der Waals surface area contributed by atoms with E-state index in [2.05, 4.69) is 0 Å². The van der Waals surface area contributed by atoms with Crippen LogP contribution in [0.1, 0.15) is 10.4 Å². The molecule has 0 unspecified atom stereocenters. The van der Waals surface area contributed by atoms with E-state index in [0.29, 0.717) is 6.07 Å². The zero-order valence-corrected chi connectivity index (χ0v) is 10.6. The van der Waals surface area contributed by atoms with E-state index in [1.54, 1.807) is 0 Å². The first-order chi connectivity index (χ1) is 9.97. The van der Waals surface area contributed by atoms with Gasteiger partial charge in [-0.25, -0.2) is 8.78 Å². The molecule has 2 aromatic rings. The minimum absolute atomic E-state index is 0.0831. The summed E-state index contributed by atoms with van der Waals surface area (Å²) in [5.41, 5.74) is -0.498. The van der Waals surface area contributed by atoms with Gasteiger partial charge < -0.3 is 4.74 Å². The maximum absolute atomic E-state index is 13.0. The maximum atomic E-state index is 13.0. The van der Waals surface area contributed by atoms with Gasteiger partial charge in [0.2, 0.25) is 0 Å². The first-order valence-corrected chi connectivity index (χ1v) is 5.83. The summed E-state index contributed by atoms with van der Waals surface area (Å²) in [4.78, 5) is 21.7. The lowest BCUT2D eigenvalue weighted by Gasteiger charge is -2.06. The number of halogens is 2. The summed E-state index contributed by atoms with van der Waals surface area (Å²) >= 11 is 0. The third-order valence-electron chi connectivity index (χ3n) is 2.62. The molecule has 0 aliphatic rings. The van der Waals surface area contributed by atoms with Gasteiger partial charge in [-0.3, -0.25) is 14.9 Å². The predicted octanol–water partition coefficient (Wildman–Crippen LogP) is 3.13. The normalized spacial score (nSPS) is 10.2. The zero-order chi connectivity index (χ0) is 15.4. The SMILES string of the molecule is O=C(COc1ccc(F)cc1[N+](=O)[O-])c1cccc(F)c1. The molecule has 0 atom stereocenters. The Morgan fingerprint density at radius 2 is 1.86 bits per heavy atom. The quantitative estimate of drug-likeness (QED) is 0.482. The highest BCUT2D eigenvalue weighted by molar-refractivity contribution is 5.97. The minimum atomic E-state index is -0.814. The number of ether oxygens (including phenoxy) is 1. The highest BCUT2D eigenvalue weighted by Crippen LogP contribution is 2.27. The van der Waals surface area contributed by atoms with E-state index in [-0.39, 0.29) is 11.3 Å². The number of carbonyl (C=O) groups is 1. The first kappa shape index (κ1) is 14.6. The van der Waals surface area contributed by atoms with Gasteiger partial charge in [-0.05, 0) is 24.3 Å². The second-order valence-corrected chi connectivity index (χ2v) is 4.09. The van der Waals surface area contributed by atoms with Crippen molar-refractivity contribution in [3.05, 3.63) is 69.8 Å². The van der Waals surface area contributed by atoms with Crippen LogP contribution in [0.15, 0.2) is 42.5 Å². The van der Waals surface area contributed by atoms with E-state index in [1.165, 1.54) is 18.2 Å². The lowest BCUT2D eigenvalue weighted by molar-refractivity contribution is -0.386. The highest BCUT2D eigenvalue weighted by Gasteiger charge is 2.17. The van der Waals surface area contributed by atoms with Crippen molar-refractivity contribution < 1.29 is 23.2 Å². The van der Waals surface area contributed by atoms with E-state index >= 15 is 0 Å². The number of hydrogen-bond donors (Lipinski definition) is 0. The number of ketones is 1. The van der Waals surface area contributed by atoms with Crippen molar-refractivity contribution in [2.45, 2.75) is 0 Å². The molecule has 2 aromatic carbocycles. The second kappa shape index (κ2) is 6.08. The summed E-state index contributed by atoms with van der Waals surface area (Å²) in [5, 5.41) is 10.8. The molecular weight excluding hydrogens is 284 g/mol. The van der Waals surface area contributed by atoms with E-state index in [1.807, 2.05) is 0 Å². The van der Waals surface area contributed by atoms with Crippen LogP contribution in [0.4, 0.5) is 14.5 Å². The Hall–Kier alpha value is -2.83. The fourth-order valence-corrected chi connectivity index (χ4v) is 1.64. The topological polar surface area (TPSA) is 69.4 Å². The number of Topliss-reactive ketones (excluding diaryl/α,β-unsaturated/α-hetero) is 1. The van der Waals surface area contributed by atoms with Crippen LogP contribution >= 0.6 is 0 Å². The fraction of sp³-hybridized carbons (Fsp3) is 0.0714. The summed E-state index contributed by atoms with van der Waals surface area (Å²) in [7, 11) is 0. The molecule has 7 heteroatoms. The fourth-order valence-electron chi connectivity index (χ4n) is 1.64. The average Bonchev–Trinajstić information content (AvgIpc) is 2.45. The predicted molar refractivity (Wildman–Crippen MR) is 69.3 cm³/mol. The van der Waals surface area contributed by atoms with Gasteiger partial charge >= 0.3 is 5.69 Å². The van der Waals surface area contributed by atoms with Crippen LogP contribution < -0.4 is 4.74 Å². The minimum Gasteiger partial charge on any atom is -0.478 e. The Kier molecular flexibility index (Phi) is 4.22. The number of nitro groups is 1. The molecule has 0 bridgehead atoms. The van der Waals surface area contributed by atoms with Crippen LogP contribution in [-0.4, -0.2) is 17.3 Å². The third-order valence-corrected chi connectivity index (χ3v) is 2.62. The molecule has 5 nitrogen and oxygen atoms in total. The maximum Gasteiger partial charge on any atom is 0.313 e. The first-order valence-electron chi connectivity index (χ1n) is 5.83. The molecule has 0 saturated heterocycles. The molecule has 0 saturated carbocycles. The number of hydrogen-bond acceptors (Lipinski definition) is 4. The van der Waals surface area contributed by atoms with Crippen LogP contribution in [0.5, 0.6) is 5.75 Å². The van der Waals surface area contributed by atoms with Crippen molar-refractivity contribution in [1.29, 1.82) is 0 Å². The molecule has 0 aliphatic carbocycles. The summed E-state index contributed by atoms with van der Waals surface area (Å²) in [5.74, 6) is -2.14. The average molecular weight is 293 g/mol. The zero-order valence-electron chi connectivity index (χ0n) is 10.6. The van der Waals surface area contributed by atoms with Crippen molar-refractivity contribution in [2.75, 3.05) is 6.61 Å². The summed E-state index contributed by atoms with van der Waals surface area (Å²) < 4.78 is 31.0. The van der Waals surface area contributed by atoms with Gasteiger partial charge in [0.1, 0.15) is 11.6 Å².